The predicted octanol–water partition coefficient (Wildman–Crippen LogP) is 3.30. The van der Waals surface area contributed by atoms with Crippen LogP contribution in [-0.2, 0) is 0 Å². The third-order valence-electron chi connectivity index (χ3n) is 4.35. The topological polar surface area (TPSA) is 80.9 Å². The van der Waals surface area contributed by atoms with E-state index in [-0.39, 0.29) is 22.8 Å². The average Bonchev–Trinajstić information content (AvgIpc) is 2.98. The van der Waals surface area contributed by atoms with Crippen molar-refractivity contribution in [2.24, 2.45) is 4.99 Å². The number of aromatic amines is 1. The number of aromatic nitrogens is 1. The molecule has 0 atom stereocenters. The number of carbonyl (C=O) groups excluding carboxylic acids is 2. The second kappa shape index (κ2) is 6.80. The van der Waals surface area contributed by atoms with Crippen LogP contribution in [0.3, 0.4) is 0 Å². The van der Waals surface area contributed by atoms with E-state index in [0.29, 0.717) is 22.3 Å². The number of nitrogens with zero attached hydrogens (tertiary/aromatic N) is 1. The van der Waals surface area contributed by atoms with Crippen LogP contribution < -0.4 is 4.98 Å². The Morgan fingerprint density at radius 3 is 2.11 bits per heavy atom. The van der Waals surface area contributed by atoms with Crippen molar-refractivity contribution in [3.8, 4) is 0 Å². The van der Waals surface area contributed by atoms with E-state index >= 15 is 0 Å². The minimum Gasteiger partial charge on any atom is -0.506 e. The highest BCUT2D eigenvalue weighted by atomic mass is 16.3. The van der Waals surface area contributed by atoms with Gasteiger partial charge in [0.05, 0.1) is 11.3 Å². The summed E-state index contributed by atoms with van der Waals surface area (Å²) in [5.74, 6) is -0.999. The van der Waals surface area contributed by atoms with Gasteiger partial charge in [-0.2, -0.15) is 0 Å². The quantitative estimate of drug-likeness (QED) is 0.732. The van der Waals surface area contributed by atoms with Gasteiger partial charge in [-0.05, 0) is 12.1 Å². The smallest absolute Gasteiger partial charge is 0.277 e. The molecule has 130 valence electrons. The number of Topliss-reactive ketones (excluding diaryl/α,β-unsaturated/α-hetero) is 1. The summed E-state index contributed by atoms with van der Waals surface area (Å²) in [5.41, 5.74) is 1.98. The number of nitrogens with one attached hydrogen (secondary N) is 1. The molecule has 5 nitrogen and oxygen atoms in total. The number of ketones is 1. The molecule has 4 rings (SSSR count). The molecule has 0 saturated heterocycles. The number of fused-ring (bicyclic) bond motifs is 1. The molecule has 27 heavy (non-hydrogen) atoms. The van der Waals surface area contributed by atoms with Gasteiger partial charge in [-0.1, -0.05) is 42.5 Å². The van der Waals surface area contributed by atoms with Gasteiger partial charge in [-0.3, -0.25) is 9.59 Å². The van der Waals surface area contributed by atoms with Crippen LogP contribution in [0.5, 0.6) is 0 Å². The molecule has 1 aliphatic rings. The highest BCUT2D eigenvalue weighted by Gasteiger charge is 2.33. The van der Waals surface area contributed by atoms with Crippen molar-refractivity contribution >= 4 is 23.2 Å². The number of hydrogen-bond acceptors (Lipinski definition) is 3. The zero-order chi connectivity index (χ0) is 18.8. The summed E-state index contributed by atoms with van der Waals surface area (Å²) in [6.45, 7) is 0. The van der Waals surface area contributed by atoms with E-state index in [9.17, 15) is 14.7 Å². The van der Waals surface area contributed by atoms with Crippen molar-refractivity contribution in [2.45, 2.75) is 0 Å². The molecule has 0 saturated carbocycles. The van der Waals surface area contributed by atoms with Crippen LogP contribution >= 0.6 is 0 Å². The molecule has 5 heteroatoms. The van der Waals surface area contributed by atoms with Crippen molar-refractivity contribution < 1.29 is 19.7 Å². The van der Waals surface area contributed by atoms with E-state index in [2.05, 4.69) is 9.98 Å². The van der Waals surface area contributed by atoms with E-state index in [4.69, 9.17) is 0 Å². The molecule has 1 aromatic heterocycles. The molecule has 0 bridgehead atoms. The number of rotatable bonds is 3. The number of H-pyrrole nitrogens is 1. The first kappa shape index (κ1) is 16.6. The monoisotopic (exact) mass is 355 g/mol. The summed E-state index contributed by atoms with van der Waals surface area (Å²) in [6, 6.07) is 18.8. The lowest BCUT2D eigenvalue weighted by molar-refractivity contribution is -0.378. The standard InChI is InChI=1S/C22H14N2O3/c25-20-16-8-4-5-9-17(16)21(26)18(20)19(14-10-12-23-13-11-14)24-22(27)15-6-2-1-3-7-15/h1-13,25H/p+1. The zero-order valence-corrected chi connectivity index (χ0v) is 14.2. The van der Waals surface area contributed by atoms with Crippen molar-refractivity contribution in [3.05, 3.63) is 107 Å². The van der Waals surface area contributed by atoms with Gasteiger partial charge in [0, 0.05) is 34.4 Å². The molecule has 0 fully saturated rings. The van der Waals surface area contributed by atoms with Crippen LogP contribution in [0.25, 0.3) is 5.76 Å². The summed E-state index contributed by atoms with van der Waals surface area (Å²) in [5, 5.41) is 10.7. The normalized spacial score (nSPS) is 13.6. The second-order valence-corrected chi connectivity index (χ2v) is 6.02. The van der Waals surface area contributed by atoms with Gasteiger partial charge >= 0.3 is 0 Å². The maximum atomic E-state index is 12.9. The fourth-order valence-corrected chi connectivity index (χ4v) is 3.04. The maximum Gasteiger partial charge on any atom is 0.277 e. The number of aliphatic imine (C=N–C) groups is 1. The fourth-order valence-electron chi connectivity index (χ4n) is 3.04. The predicted molar refractivity (Wildman–Crippen MR) is 101 cm³/mol. The Labute approximate surface area is 155 Å². The van der Waals surface area contributed by atoms with Gasteiger partial charge in [-0.25, -0.2) is 9.98 Å². The van der Waals surface area contributed by atoms with Crippen LogP contribution in [0.2, 0.25) is 0 Å². The summed E-state index contributed by atoms with van der Waals surface area (Å²) < 4.78 is 0. The number of allylic oxidation sites excluding steroid dienone is 1. The summed E-state index contributed by atoms with van der Waals surface area (Å²) in [4.78, 5) is 32.7. The molecular formula is C22H15N2O3+. The highest BCUT2D eigenvalue weighted by molar-refractivity contribution is 6.40. The van der Waals surface area contributed by atoms with E-state index in [0.717, 1.165) is 0 Å². The molecule has 3 aromatic rings. The molecule has 1 aliphatic carbocycles. The van der Waals surface area contributed by atoms with E-state index in [1.165, 1.54) is 0 Å². The SMILES string of the molecule is O=C(N=C(C1=C(O)c2ccccc2C1=O)c1cc[nH+]cc1)c1ccccc1. The number of carbonyl (C=O) groups is 2. The van der Waals surface area contributed by atoms with Crippen LogP contribution in [0.1, 0.15) is 31.8 Å². The minimum absolute atomic E-state index is 0.0340. The lowest BCUT2D eigenvalue weighted by Crippen LogP contribution is -2.16. The minimum atomic E-state index is -0.484. The first-order valence-electron chi connectivity index (χ1n) is 8.39. The number of aliphatic hydroxyl groups is 1. The van der Waals surface area contributed by atoms with Gasteiger partial charge in [0.25, 0.3) is 5.91 Å². The Balaban J connectivity index is 1.88. The fraction of sp³-hybridized carbons (Fsp3) is 0. The van der Waals surface area contributed by atoms with Crippen molar-refractivity contribution in [2.75, 3.05) is 0 Å². The van der Waals surface area contributed by atoms with E-state index in [1.807, 2.05) is 0 Å². The summed E-state index contributed by atoms with van der Waals surface area (Å²) in [7, 11) is 0. The molecule has 0 aliphatic heterocycles. The van der Waals surface area contributed by atoms with Crippen molar-refractivity contribution in [3.63, 3.8) is 0 Å². The molecule has 0 unspecified atom stereocenters. The lowest BCUT2D eigenvalue weighted by Gasteiger charge is -2.07. The van der Waals surface area contributed by atoms with Gasteiger partial charge in [0.2, 0.25) is 0 Å². The zero-order valence-electron chi connectivity index (χ0n) is 14.2. The molecule has 0 spiro atoms. The van der Waals surface area contributed by atoms with Gasteiger partial charge in [0.1, 0.15) is 5.76 Å². The van der Waals surface area contributed by atoms with Crippen LogP contribution in [-0.4, -0.2) is 22.5 Å². The number of benzene rings is 2. The number of hydrogen-bond donors (Lipinski definition) is 1. The summed E-state index contributed by atoms with van der Waals surface area (Å²) >= 11 is 0. The first-order chi connectivity index (χ1) is 13.2. The number of amides is 1. The van der Waals surface area contributed by atoms with E-state index < -0.39 is 5.91 Å². The molecule has 2 N–H and O–H groups in total. The Bertz CT molecular complexity index is 1100. The van der Waals surface area contributed by atoms with Gasteiger partial charge in [0.15, 0.2) is 18.2 Å². The van der Waals surface area contributed by atoms with Crippen LogP contribution in [0, 0.1) is 0 Å². The third-order valence-corrected chi connectivity index (χ3v) is 4.35. The van der Waals surface area contributed by atoms with Crippen molar-refractivity contribution in [1.29, 1.82) is 0 Å². The Hall–Kier alpha value is -3.86. The first-order valence-corrected chi connectivity index (χ1v) is 8.39. The highest BCUT2D eigenvalue weighted by Crippen LogP contribution is 2.33. The lowest BCUT2D eigenvalue weighted by atomic mass is 9.99. The van der Waals surface area contributed by atoms with Crippen LogP contribution in [0.4, 0.5) is 0 Å². The van der Waals surface area contributed by atoms with Crippen molar-refractivity contribution in [1.82, 2.24) is 0 Å². The molecule has 1 heterocycles. The summed E-state index contributed by atoms with van der Waals surface area (Å²) in [6.07, 6.45) is 3.34. The Morgan fingerprint density at radius 1 is 0.815 bits per heavy atom. The molecule has 0 radical (unpaired) electrons. The third kappa shape index (κ3) is 2.95. The van der Waals surface area contributed by atoms with Gasteiger partial charge in [-0.15, -0.1) is 0 Å². The number of aliphatic hydroxyl groups excluding tert-OH is 1. The molecular weight excluding hydrogens is 340 g/mol. The average molecular weight is 355 g/mol. The second-order valence-electron chi connectivity index (χ2n) is 6.02. The molecule has 2 aromatic carbocycles. The van der Waals surface area contributed by atoms with Crippen LogP contribution in [0.15, 0.2) is 89.7 Å². The van der Waals surface area contributed by atoms with E-state index in [1.54, 1.807) is 79.1 Å². The maximum absolute atomic E-state index is 12.9. The van der Waals surface area contributed by atoms with Gasteiger partial charge < -0.3 is 5.11 Å². The number of pyridine rings is 1. The Morgan fingerprint density at radius 2 is 1.44 bits per heavy atom. The molecule has 1 amide bonds. The Kier molecular flexibility index (Phi) is 4.18. The largest absolute Gasteiger partial charge is 0.506 e.